The molecule has 1 atom stereocenters. The van der Waals surface area contributed by atoms with E-state index in [9.17, 15) is 14.9 Å². The number of amides is 1. The van der Waals surface area contributed by atoms with Gasteiger partial charge in [0.2, 0.25) is 5.91 Å². The summed E-state index contributed by atoms with van der Waals surface area (Å²) in [4.78, 5) is 44.1. The van der Waals surface area contributed by atoms with E-state index in [0.717, 1.165) is 5.56 Å². The molecule has 1 amide bonds. The van der Waals surface area contributed by atoms with Gasteiger partial charge < -0.3 is 14.2 Å². The number of hydrogen-bond acceptors (Lipinski definition) is 8. The number of carbonyl (C=O) groups excluding carboxylic acids is 1. The van der Waals surface area contributed by atoms with Crippen molar-refractivity contribution < 1.29 is 13.6 Å². The van der Waals surface area contributed by atoms with Crippen molar-refractivity contribution in [3.05, 3.63) is 88.0 Å². The largest absolute Gasteiger partial charge is 0.464 e. The lowest BCUT2D eigenvalue weighted by Crippen LogP contribution is -2.55. The fourth-order valence-electron chi connectivity index (χ4n) is 5.97. The molecular formula is C33H29ClFN7O3. The van der Waals surface area contributed by atoms with Gasteiger partial charge in [0.05, 0.1) is 57.8 Å². The molecular weight excluding hydrogens is 597 g/mol. The quantitative estimate of drug-likeness (QED) is 0.213. The molecule has 0 bridgehead atoms. The summed E-state index contributed by atoms with van der Waals surface area (Å²) in [6, 6.07) is 9.75. The van der Waals surface area contributed by atoms with Crippen LogP contribution in [0.1, 0.15) is 37.4 Å². The summed E-state index contributed by atoms with van der Waals surface area (Å²) in [5.41, 5.74) is 1.99. The molecule has 10 nitrogen and oxygen atoms in total. The van der Waals surface area contributed by atoms with Crippen LogP contribution in [0.5, 0.6) is 0 Å². The van der Waals surface area contributed by atoms with Gasteiger partial charge >= 0.3 is 5.69 Å². The molecule has 1 aliphatic heterocycles. The van der Waals surface area contributed by atoms with Gasteiger partial charge in [-0.3, -0.25) is 9.78 Å². The Morgan fingerprint density at radius 1 is 1.27 bits per heavy atom. The number of furan rings is 1. The molecule has 5 aromatic rings. The third-order valence-corrected chi connectivity index (χ3v) is 8.39. The maximum absolute atomic E-state index is 15.5. The topological polar surface area (TPSA) is 121 Å². The van der Waals surface area contributed by atoms with Crippen LogP contribution in [-0.4, -0.2) is 56.0 Å². The Morgan fingerprint density at radius 2 is 2.07 bits per heavy atom. The molecule has 6 rings (SSSR count). The van der Waals surface area contributed by atoms with Gasteiger partial charge in [0.15, 0.2) is 5.65 Å². The molecule has 45 heavy (non-hydrogen) atoms. The maximum Gasteiger partial charge on any atom is 0.355 e. The highest BCUT2D eigenvalue weighted by Crippen LogP contribution is 2.39. The van der Waals surface area contributed by atoms with Crippen molar-refractivity contribution in [2.45, 2.75) is 39.2 Å². The second-order valence-electron chi connectivity index (χ2n) is 11.2. The van der Waals surface area contributed by atoms with Crippen LogP contribution in [-0.2, 0) is 4.79 Å². The number of aryl methyl sites for hydroxylation is 1. The molecule has 1 saturated heterocycles. The molecule has 5 heterocycles. The van der Waals surface area contributed by atoms with Gasteiger partial charge in [0.25, 0.3) is 0 Å². The first kappa shape index (κ1) is 30.0. The fraction of sp³-hybridized carbons (Fsp3) is 0.273. The summed E-state index contributed by atoms with van der Waals surface area (Å²) in [5, 5.41) is 10.7. The fourth-order valence-corrected chi connectivity index (χ4v) is 6.22. The van der Waals surface area contributed by atoms with Crippen LogP contribution in [0.3, 0.4) is 0 Å². The van der Waals surface area contributed by atoms with Crippen LogP contribution in [0.2, 0.25) is 5.02 Å². The summed E-state index contributed by atoms with van der Waals surface area (Å²) in [6.45, 7) is 10.3. The first-order valence-electron chi connectivity index (χ1n) is 14.4. The molecule has 4 aromatic heterocycles. The number of rotatable bonds is 6. The first-order chi connectivity index (χ1) is 21.6. The number of halogens is 2. The Kier molecular flexibility index (Phi) is 7.85. The average Bonchev–Trinajstić information content (AvgIpc) is 3.50. The van der Waals surface area contributed by atoms with Crippen LogP contribution < -0.4 is 10.6 Å². The van der Waals surface area contributed by atoms with Crippen LogP contribution in [0.25, 0.3) is 38.9 Å². The van der Waals surface area contributed by atoms with E-state index in [-0.39, 0.29) is 58.8 Å². The normalized spacial score (nSPS) is 15.2. The second-order valence-corrected chi connectivity index (χ2v) is 11.6. The zero-order chi connectivity index (χ0) is 32.0. The molecule has 0 unspecified atom stereocenters. The van der Waals surface area contributed by atoms with E-state index in [2.05, 4.69) is 22.6 Å². The van der Waals surface area contributed by atoms with Crippen LogP contribution >= 0.6 is 11.6 Å². The van der Waals surface area contributed by atoms with Crippen LogP contribution in [0.4, 0.5) is 10.2 Å². The molecule has 228 valence electrons. The molecule has 0 aliphatic carbocycles. The second kappa shape index (κ2) is 11.8. The first-order valence-corrected chi connectivity index (χ1v) is 14.8. The highest BCUT2D eigenvalue weighted by atomic mass is 35.5. The van der Waals surface area contributed by atoms with E-state index >= 15 is 4.39 Å². The third-order valence-electron chi connectivity index (χ3n) is 8.10. The van der Waals surface area contributed by atoms with Crippen LogP contribution in [0.15, 0.2) is 64.7 Å². The van der Waals surface area contributed by atoms with E-state index in [1.165, 1.54) is 23.0 Å². The zero-order valence-electron chi connectivity index (χ0n) is 24.9. The van der Waals surface area contributed by atoms with Gasteiger partial charge in [-0.2, -0.15) is 10.2 Å². The number of piperazine rings is 1. The molecule has 0 saturated carbocycles. The predicted octanol–water partition coefficient (Wildman–Crippen LogP) is 5.93. The number of pyridine rings is 2. The van der Waals surface area contributed by atoms with Crippen molar-refractivity contribution in [3.63, 3.8) is 0 Å². The number of carbonyl (C=O) groups is 1. The molecule has 0 N–H and O–H groups in total. The lowest BCUT2D eigenvalue weighted by atomic mass is 10.0. The van der Waals surface area contributed by atoms with E-state index in [1.54, 1.807) is 35.4 Å². The SMILES string of the molecule is C=CC(=O)N1CCN(c2nc(=O)n(-c3c(C)ccnc3C(C)C)c3nc(-c4c(F)ccc5ccoc45)c(Cl)cc23)C[C@@H]1CC#N. The molecule has 0 radical (unpaired) electrons. The number of aromatic nitrogens is 4. The van der Waals surface area contributed by atoms with Crippen molar-refractivity contribution in [2.24, 2.45) is 0 Å². The molecule has 1 fully saturated rings. The number of fused-ring (bicyclic) bond motifs is 2. The Morgan fingerprint density at radius 3 is 2.80 bits per heavy atom. The smallest absolute Gasteiger partial charge is 0.355 e. The zero-order valence-corrected chi connectivity index (χ0v) is 25.7. The lowest BCUT2D eigenvalue weighted by molar-refractivity contribution is -0.128. The summed E-state index contributed by atoms with van der Waals surface area (Å²) in [6.07, 6.45) is 4.45. The van der Waals surface area contributed by atoms with E-state index < -0.39 is 17.5 Å². The minimum atomic E-state index is -0.616. The van der Waals surface area contributed by atoms with Crippen molar-refractivity contribution in [3.8, 4) is 23.0 Å². The molecule has 1 aromatic carbocycles. The summed E-state index contributed by atoms with van der Waals surface area (Å²) < 4.78 is 22.5. The highest BCUT2D eigenvalue weighted by Gasteiger charge is 2.32. The van der Waals surface area contributed by atoms with Gasteiger partial charge in [-0.1, -0.05) is 32.0 Å². The molecule has 12 heteroatoms. The van der Waals surface area contributed by atoms with E-state index in [4.69, 9.17) is 21.0 Å². The van der Waals surface area contributed by atoms with Crippen molar-refractivity contribution >= 4 is 45.3 Å². The third kappa shape index (κ3) is 5.11. The summed E-state index contributed by atoms with van der Waals surface area (Å²) in [5.74, 6) is -0.618. The van der Waals surface area contributed by atoms with Crippen molar-refractivity contribution in [1.29, 1.82) is 5.26 Å². The Hall–Kier alpha value is -5.08. The van der Waals surface area contributed by atoms with Gasteiger partial charge in [-0.15, -0.1) is 0 Å². The number of anilines is 1. The minimum Gasteiger partial charge on any atom is -0.464 e. The van der Waals surface area contributed by atoms with Gasteiger partial charge in [-0.25, -0.2) is 18.7 Å². The summed E-state index contributed by atoms with van der Waals surface area (Å²) >= 11 is 6.88. The highest BCUT2D eigenvalue weighted by molar-refractivity contribution is 6.34. The Balaban J connectivity index is 1.65. The maximum atomic E-state index is 15.5. The average molecular weight is 626 g/mol. The minimum absolute atomic E-state index is 0.0511. The van der Waals surface area contributed by atoms with Crippen molar-refractivity contribution in [1.82, 2.24) is 24.4 Å². The summed E-state index contributed by atoms with van der Waals surface area (Å²) in [7, 11) is 0. The van der Waals surface area contributed by atoms with Gasteiger partial charge in [0, 0.05) is 31.2 Å². The molecule has 0 spiro atoms. The Bertz CT molecular complexity index is 2100. The predicted molar refractivity (Wildman–Crippen MR) is 170 cm³/mol. The standard InChI is InChI=1S/C33H29ClFN7O3/c1-5-25(43)41-14-13-40(17-21(41)8-11-36)31-22-16-23(34)28(26-24(35)7-6-20-10-15-45-30(20)26)38-32(22)42(33(44)39-31)29-19(4)9-12-37-27(29)18(2)3/h5-7,9-10,12,15-16,18,21H,1,8,13-14,17H2,2-4H3/t21-/m0/s1. The van der Waals surface area contributed by atoms with Crippen molar-refractivity contribution in [2.75, 3.05) is 24.5 Å². The monoisotopic (exact) mass is 625 g/mol. The number of benzene rings is 1. The Labute approximate surface area is 263 Å². The van der Waals surface area contributed by atoms with E-state index in [0.29, 0.717) is 34.5 Å². The van der Waals surface area contributed by atoms with Gasteiger partial charge in [0.1, 0.15) is 17.2 Å². The van der Waals surface area contributed by atoms with Crippen LogP contribution in [0, 0.1) is 24.1 Å². The lowest BCUT2D eigenvalue weighted by Gasteiger charge is -2.41. The molecule has 1 aliphatic rings. The number of nitrogens with zero attached hydrogens (tertiary/aromatic N) is 7. The van der Waals surface area contributed by atoms with Gasteiger partial charge in [-0.05, 0) is 54.8 Å². The number of hydrogen-bond donors (Lipinski definition) is 0. The van der Waals surface area contributed by atoms with E-state index in [1.807, 2.05) is 25.7 Å². The number of nitriles is 1.